The number of carbonyl (C=O) groups is 4. The minimum Gasteiger partial charge on any atom is -0.354 e. The molecule has 3 atom stereocenters. The van der Waals surface area contributed by atoms with Gasteiger partial charge in [0, 0.05) is 32.5 Å². The Hall–Kier alpha value is -4.05. The molecule has 0 aromatic heterocycles. The van der Waals surface area contributed by atoms with Crippen LogP contribution in [0.3, 0.4) is 0 Å². The maximum absolute atomic E-state index is 13.3. The smallest absolute Gasteiger partial charge is 0.243 e. The van der Waals surface area contributed by atoms with Crippen molar-refractivity contribution >= 4 is 29.7 Å². The highest BCUT2D eigenvalue weighted by atomic mass is 19.1. The maximum atomic E-state index is 13.3. The topological polar surface area (TPSA) is 120 Å². The molecule has 1 fully saturated rings. The average Bonchev–Trinajstić information content (AvgIpc) is 2.98. The SMILES string of the molecule is CC(C)[C@H]1NC(=O)[C@@H](C)NC(=O)[C@H](Cc2ccccc2)NC(=O)CCCN(CC=Cc2ccc(F)cc2)CCCNC1=O. The highest BCUT2D eigenvalue weighted by molar-refractivity contribution is 5.94. The number of rotatable bonds is 6. The molecule has 1 aliphatic heterocycles. The number of nitrogens with zero attached hydrogens (tertiary/aromatic N) is 1. The lowest BCUT2D eigenvalue weighted by molar-refractivity contribution is -0.134. The van der Waals surface area contributed by atoms with E-state index in [2.05, 4.69) is 26.2 Å². The highest BCUT2D eigenvalue weighted by Crippen LogP contribution is 2.08. The van der Waals surface area contributed by atoms with Gasteiger partial charge in [-0.3, -0.25) is 24.1 Å². The van der Waals surface area contributed by atoms with Crippen molar-refractivity contribution in [1.29, 1.82) is 0 Å². The lowest BCUT2D eigenvalue weighted by Crippen LogP contribution is -2.57. The third-order valence-corrected chi connectivity index (χ3v) is 7.31. The first-order valence-corrected chi connectivity index (χ1v) is 15.0. The molecule has 1 aliphatic rings. The first-order valence-electron chi connectivity index (χ1n) is 15.0. The molecule has 0 bridgehead atoms. The third kappa shape index (κ3) is 11.6. The molecule has 10 heteroatoms. The Morgan fingerprint density at radius 3 is 2.28 bits per heavy atom. The molecular formula is C33H44FN5O4. The Labute approximate surface area is 253 Å². The Bertz CT molecular complexity index is 1240. The second-order valence-electron chi connectivity index (χ2n) is 11.3. The van der Waals surface area contributed by atoms with Crippen LogP contribution in [0.25, 0.3) is 6.08 Å². The van der Waals surface area contributed by atoms with E-state index in [-0.39, 0.29) is 36.4 Å². The van der Waals surface area contributed by atoms with E-state index in [1.54, 1.807) is 19.1 Å². The van der Waals surface area contributed by atoms with Gasteiger partial charge in [0.05, 0.1) is 0 Å². The minimum absolute atomic E-state index is 0.171. The summed E-state index contributed by atoms with van der Waals surface area (Å²) in [6.45, 7) is 7.58. The second-order valence-corrected chi connectivity index (χ2v) is 11.3. The molecule has 3 rings (SSSR count). The molecule has 2 aromatic carbocycles. The second kappa shape index (κ2) is 17.2. The number of benzene rings is 2. The summed E-state index contributed by atoms with van der Waals surface area (Å²) in [6.07, 6.45) is 5.64. The van der Waals surface area contributed by atoms with Crippen LogP contribution >= 0.6 is 0 Å². The molecule has 43 heavy (non-hydrogen) atoms. The lowest BCUT2D eigenvalue weighted by atomic mass is 10.0. The fourth-order valence-electron chi connectivity index (χ4n) is 4.81. The summed E-state index contributed by atoms with van der Waals surface area (Å²) in [6, 6.07) is 13.1. The Morgan fingerprint density at radius 2 is 1.58 bits per heavy atom. The fourth-order valence-corrected chi connectivity index (χ4v) is 4.81. The van der Waals surface area contributed by atoms with Crippen LogP contribution in [0.1, 0.15) is 51.2 Å². The van der Waals surface area contributed by atoms with Gasteiger partial charge >= 0.3 is 0 Å². The number of nitrogens with one attached hydrogen (secondary N) is 4. The van der Waals surface area contributed by atoms with Crippen LogP contribution in [0, 0.1) is 11.7 Å². The zero-order chi connectivity index (χ0) is 31.2. The van der Waals surface area contributed by atoms with E-state index in [0.29, 0.717) is 39.0 Å². The Kier molecular flexibility index (Phi) is 13.3. The molecule has 1 heterocycles. The van der Waals surface area contributed by atoms with Crippen LogP contribution in [0.2, 0.25) is 0 Å². The van der Waals surface area contributed by atoms with Gasteiger partial charge in [0.25, 0.3) is 0 Å². The summed E-state index contributed by atoms with van der Waals surface area (Å²) in [7, 11) is 0. The van der Waals surface area contributed by atoms with E-state index >= 15 is 0 Å². The van der Waals surface area contributed by atoms with E-state index in [4.69, 9.17) is 0 Å². The van der Waals surface area contributed by atoms with Crippen molar-refractivity contribution in [3.8, 4) is 0 Å². The van der Waals surface area contributed by atoms with Crippen molar-refractivity contribution in [2.24, 2.45) is 5.92 Å². The summed E-state index contributed by atoms with van der Waals surface area (Å²) >= 11 is 0. The standard InChI is InChI=1S/C33H44FN5O4/c1-23(2)30-33(43)35-18-9-21-39(19-7-12-25-14-16-27(34)17-15-25)20-8-13-29(40)37-28(22-26-10-5-4-6-11-26)32(42)36-24(3)31(41)38-30/h4-7,10-12,14-17,23-24,28,30H,8-9,13,18-22H2,1-3H3,(H,35,43)(H,36,42)(H,37,40)(H,38,41)/t24-,28+,30-/m1/s1. The third-order valence-electron chi connectivity index (χ3n) is 7.31. The highest BCUT2D eigenvalue weighted by Gasteiger charge is 2.29. The molecule has 0 radical (unpaired) electrons. The largest absolute Gasteiger partial charge is 0.354 e. The van der Waals surface area contributed by atoms with E-state index in [1.165, 1.54) is 12.1 Å². The van der Waals surface area contributed by atoms with Gasteiger partial charge in [-0.05, 0) is 55.5 Å². The number of halogens is 1. The van der Waals surface area contributed by atoms with Gasteiger partial charge in [0.1, 0.15) is 23.9 Å². The van der Waals surface area contributed by atoms with Crippen molar-refractivity contribution in [2.45, 2.75) is 64.6 Å². The molecule has 0 aliphatic carbocycles. The van der Waals surface area contributed by atoms with E-state index in [9.17, 15) is 23.6 Å². The lowest BCUT2D eigenvalue weighted by Gasteiger charge is -2.26. The number of amides is 4. The monoisotopic (exact) mass is 593 g/mol. The number of carbonyl (C=O) groups excluding carboxylic acids is 4. The molecule has 0 spiro atoms. The maximum Gasteiger partial charge on any atom is 0.243 e. The molecule has 4 N–H and O–H groups in total. The molecule has 0 saturated carbocycles. The summed E-state index contributed by atoms with van der Waals surface area (Å²) in [5.41, 5.74) is 1.76. The normalized spacial score (nSPS) is 22.3. The molecule has 232 valence electrons. The quantitative estimate of drug-likeness (QED) is 0.411. The van der Waals surface area contributed by atoms with Crippen LogP contribution in [0.4, 0.5) is 4.39 Å². The fraction of sp³-hybridized carbons (Fsp3) is 0.455. The summed E-state index contributed by atoms with van der Waals surface area (Å²) in [4.78, 5) is 54.4. The Morgan fingerprint density at radius 1 is 0.884 bits per heavy atom. The van der Waals surface area contributed by atoms with Crippen LogP contribution in [-0.2, 0) is 25.6 Å². The Balaban J connectivity index is 1.75. The van der Waals surface area contributed by atoms with Gasteiger partial charge in [0.2, 0.25) is 23.6 Å². The predicted octanol–water partition coefficient (Wildman–Crippen LogP) is 2.81. The van der Waals surface area contributed by atoms with E-state index in [1.807, 2.05) is 56.3 Å². The summed E-state index contributed by atoms with van der Waals surface area (Å²) in [5, 5.41) is 11.3. The van der Waals surface area contributed by atoms with Crippen molar-refractivity contribution in [2.75, 3.05) is 26.2 Å². The first-order chi connectivity index (χ1) is 20.6. The van der Waals surface area contributed by atoms with Gasteiger partial charge in [0.15, 0.2) is 0 Å². The van der Waals surface area contributed by atoms with Gasteiger partial charge in [-0.1, -0.05) is 68.5 Å². The molecule has 2 aromatic rings. The van der Waals surface area contributed by atoms with Gasteiger partial charge in [-0.2, -0.15) is 0 Å². The van der Waals surface area contributed by atoms with Gasteiger partial charge < -0.3 is 21.3 Å². The summed E-state index contributed by atoms with van der Waals surface area (Å²) < 4.78 is 13.2. The van der Waals surface area contributed by atoms with Crippen LogP contribution in [-0.4, -0.2) is 72.8 Å². The van der Waals surface area contributed by atoms with E-state index < -0.39 is 29.9 Å². The molecule has 4 amide bonds. The molecule has 0 unspecified atom stereocenters. The minimum atomic E-state index is -0.910. The van der Waals surface area contributed by atoms with Crippen molar-refractivity contribution in [3.63, 3.8) is 0 Å². The predicted molar refractivity (Wildman–Crippen MR) is 165 cm³/mol. The van der Waals surface area contributed by atoms with Crippen molar-refractivity contribution in [3.05, 3.63) is 77.6 Å². The number of hydrogen-bond donors (Lipinski definition) is 4. The van der Waals surface area contributed by atoms with Crippen LogP contribution in [0.15, 0.2) is 60.7 Å². The molecule has 9 nitrogen and oxygen atoms in total. The zero-order valence-electron chi connectivity index (χ0n) is 25.3. The zero-order valence-corrected chi connectivity index (χ0v) is 25.3. The van der Waals surface area contributed by atoms with E-state index in [0.717, 1.165) is 11.1 Å². The van der Waals surface area contributed by atoms with Crippen LogP contribution < -0.4 is 21.3 Å². The van der Waals surface area contributed by atoms with Gasteiger partial charge in [-0.15, -0.1) is 0 Å². The number of hydrogen-bond acceptors (Lipinski definition) is 5. The molecule has 1 saturated heterocycles. The van der Waals surface area contributed by atoms with Crippen molar-refractivity contribution in [1.82, 2.24) is 26.2 Å². The summed E-state index contributed by atoms with van der Waals surface area (Å²) in [5.74, 6) is -1.94. The molecular weight excluding hydrogens is 549 g/mol. The average molecular weight is 594 g/mol. The van der Waals surface area contributed by atoms with Crippen molar-refractivity contribution < 1.29 is 23.6 Å². The van der Waals surface area contributed by atoms with Gasteiger partial charge in [-0.25, -0.2) is 4.39 Å². The van der Waals surface area contributed by atoms with Crippen LogP contribution in [0.5, 0.6) is 0 Å². The first kappa shape index (κ1) is 33.5.